The fourth-order valence-corrected chi connectivity index (χ4v) is 3.07. The topological polar surface area (TPSA) is 51.2 Å². The Hall–Kier alpha value is -2.66. The maximum atomic E-state index is 12.2. The molecule has 0 aliphatic heterocycles. The van der Waals surface area contributed by atoms with Crippen LogP contribution in [0.2, 0.25) is 0 Å². The summed E-state index contributed by atoms with van der Waals surface area (Å²) in [6.07, 6.45) is 2.12. The molecule has 0 aliphatic rings. The number of nitrogens with one attached hydrogen (secondary N) is 1. The van der Waals surface area contributed by atoms with Gasteiger partial charge in [-0.1, -0.05) is 18.2 Å². The molecule has 24 heavy (non-hydrogen) atoms. The molecule has 1 N–H and O–H groups in total. The fourth-order valence-electron chi connectivity index (χ4n) is 2.43. The summed E-state index contributed by atoms with van der Waals surface area (Å²) < 4.78 is 5.12. The van der Waals surface area contributed by atoms with Gasteiger partial charge in [-0.05, 0) is 40.8 Å². The van der Waals surface area contributed by atoms with Crippen molar-refractivity contribution in [2.75, 3.05) is 7.11 Å². The summed E-state index contributed by atoms with van der Waals surface area (Å²) in [6.45, 7) is 0.466. The highest BCUT2D eigenvalue weighted by atomic mass is 32.1. The largest absolute Gasteiger partial charge is 0.497 e. The fraction of sp³-hybridized carbons (Fsp3) is 0.158. The second kappa shape index (κ2) is 7.75. The smallest absolute Gasteiger partial charge is 0.224 e. The molecule has 0 spiro atoms. The summed E-state index contributed by atoms with van der Waals surface area (Å²) in [5.74, 6) is 0.773. The van der Waals surface area contributed by atoms with Gasteiger partial charge in [-0.15, -0.1) is 0 Å². The zero-order valence-electron chi connectivity index (χ0n) is 13.4. The Morgan fingerprint density at radius 1 is 1.21 bits per heavy atom. The Bertz CT molecular complexity index is 798. The molecule has 2 heterocycles. The summed E-state index contributed by atoms with van der Waals surface area (Å²) >= 11 is 1.63. The molecule has 3 rings (SSSR count). The summed E-state index contributed by atoms with van der Waals surface area (Å²) in [7, 11) is 1.63. The van der Waals surface area contributed by atoms with Crippen LogP contribution in [0.4, 0.5) is 0 Å². The number of benzene rings is 1. The molecule has 122 valence electrons. The minimum absolute atomic E-state index is 0.0136. The molecule has 0 saturated heterocycles. The minimum Gasteiger partial charge on any atom is -0.497 e. The number of ether oxygens (including phenoxy) is 1. The van der Waals surface area contributed by atoms with Crippen molar-refractivity contribution in [3.05, 3.63) is 70.5 Å². The summed E-state index contributed by atoms with van der Waals surface area (Å²) in [5.41, 5.74) is 3.97. The molecular weight excluding hydrogens is 320 g/mol. The van der Waals surface area contributed by atoms with Gasteiger partial charge in [0.15, 0.2) is 0 Å². The number of nitrogens with zero attached hydrogens (tertiary/aromatic N) is 1. The third-order valence-electron chi connectivity index (χ3n) is 3.69. The molecule has 0 radical (unpaired) electrons. The second-order valence-corrected chi connectivity index (χ2v) is 6.10. The summed E-state index contributed by atoms with van der Waals surface area (Å²) in [4.78, 5) is 16.6. The van der Waals surface area contributed by atoms with Gasteiger partial charge in [-0.2, -0.15) is 11.3 Å². The van der Waals surface area contributed by atoms with Crippen molar-refractivity contribution < 1.29 is 9.53 Å². The number of thiophene rings is 1. The van der Waals surface area contributed by atoms with E-state index in [4.69, 9.17) is 4.74 Å². The predicted molar refractivity (Wildman–Crippen MR) is 96.1 cm³/mol. The van der Waals surface area contributed by atoms with Crippen molar-refractivity contribution in [2.45, 2.75) is 13.0 Å². The molecule has 0 fully saturated rings. The molecule has 2 aromatic heterocycles. The predicted octanol–water partition coefficient (Wildman–Crippen LogP) is 3.68. The Kier molecular flexibility index (Phi) is 5.23. The van der Waals surface area contributed by atoms with Crippen LogP contribution in [0.1, 0.15) is 11.1 Å². The lowest BCUT2D eigenvalue weighted by molar-refractivity contribution is -0.120. The van der Waals surface area contributed by atoms with E-state index in [0.29, 0.717) is 13.0 Å². The number of carbonyl (C=O) groups is 1. The van der Waals surface area contributed by atoms with E-state index in [1.54, 1.807) is 24.6 Å². The molecule has 0 atom stereocenters. The van der Waals surface area contributed by atoms with E-state index in [-0.39, 0.29) is 5.91 Å². The third-order valence-corrected chi connectivity index (χ3v) is 4.37. The number of hydrogen-bond acceptors (Lipinski definition) is 4. The molecule has 1 amide bonds. The summed E-state index contributed by atoms with van der Waals surface area (Å²) in [5, 5.41) is 7.06. The maximum absolute atomic E-state index is 12.2. The molecule has 3 aromatic rings. The first kappa shape index (κ1) is 16.2. The average Bonchev–Trinajstić information content (AvgIpc) is 3.15. The lowest BCUT2D eigenvalue weighted by Gasteiger charge is -2.09. The molecule has 0 bridgehead atoms. The van der Waals surface area contributed by atoms with Gasteiger partial charge < -0.3 is 10.1 Å². The summed E-state index contributed by atoms with van der Waals surface area (Å²) in [6, 6.07) is 13.4. The van der Waals surface area contributed by atoms with Crippen molar-refractivity contribution in [3.8, 4) is 17.0 Å². The first-order valence-corrected chi connectivity index (χ1v) is 8.56. The standard InChI is InChI=1S/C19H18N2O2S/c1-23-17-6-4-14(5-7-17)11-18(22)21-12-15-3-2-9-20-19(15)16-8-10-24-13-16/h2-10,13H,11-12H2,1H3,(H,21,22). The minimum atomic E-state index is -0.0136. The number of aromatic nitrogens is 1. The van der Waals surface area contributed by atoms with Gasteiger partial charge in [-0.25, -0.2) is 0 Å². The van der Waals surface area contributed by atoms with Gasteiger partial charge >= 0.3 is 0 Å². The molecule has 1 aromatic carbocycles. The number of hydrogen-bond donors (Lipinski definition) is 1. The van der Waals surface area contributed by atoms with E-state index in [2.05, 4.69) is 15.7 Å². The van der Waals surface area contributed by atoms with Crippen LogP contribution in [0.25, 0.3) is 11.3 Å². The highest BCUT2D eigenvalue weighted by molar-refractivity contribution is 7.08. The van der Waals surface area contributed by atoms with Gasteiger partial charge in [0.25, 0.3) is 0 Å². The van der Waals surface area contributed by atoms with E-state index >= 15 is 0 Å². The maximum Gasteiger partial charge on any atom is 0.224 e. The van der Waals surface area contributed by atoms with Crippen LogP contribution >= 0.6 is 11.3 Å². The lowest BCUT2D eigenvalue weighted by Crippen LogP contribution is -2.24. The highest BCUT2D eigenvalue weighted by Gasteiger charge is 2.09. The first-order chi connectivity index (χ1) is 11.8. The second-order valence-electron chi connectivity index (χ2n) is 5.32. The van der Waals surface area contributed by atoms with Crippen LogP contribution in [0.5, 0.6) is 5.75 Å². The highest BCUT2D eigenvalue weighted by Crippen LogP contribution is 2.23. The zero-order valence-corrected chi connectivity index (χ0v) is 14.2. The van der Waals surface area contributed by atoms with Crippen LogP contribution in [0.15, 0.2) is 59.4 Å². The van der Waals surface area contributed by atoms with Gasteiger partial charge in [0, 0.05) is 23.7 Å². The zero-order chi connectivity index (χ0) is 16.8. The first-order valence-electron chi connectivity index (χ1n) is 7.62. The number of pyridine rings is 1. The van der Waals surface area contributed by atoms with Gasteiger partial charge in [-0.3, -0.25) is 9.78 Å². The van der Waals surface area contributed by atoms with Crippen molar-refractivity contribution in [2.24, 2.45) is 0 Å². The normalized spacial score (nSPS) is 10.4. The molecule has 0 aliphatic carbocycles. The van der Waals surface area contributed by atoms with E-state index in [0.717, 1.165) is 28.1 Å². The van der Waals surface area contributed by atoms with Crippen LogP contribution in [-0.4, -0.2) is 18.0 Å². The monoisotopic (exact) mass is 338 g/mol. The van der Waals surface area contributed by atoms with Crippen LogP contribution in [0.3, 0.4) is 0 Å². The Labute approximate surface area is 145 Å². The number of rotatable bonds is 6. The number of carbonyl (C=O) groups excluding carboxylic acids is 1. The molecule has 4 nitrogen and oxygen atoms in total. The molecule has 5 heteroatoms. The van der Waals surface area contributed by atoms with E-state index < -0.39 is 0 Å². The van der Waals surface area contributed by atoms with Crippen molar-refractivity contribution in [1.29, 1.82) is 0 Å². The van der Waals surface area contributed by atoms with Crippen LogP contribution in [-0.2, 0) is 17.8 Å². The third kappa shape index (κ3) is 4.00. The lowest BCUT2D eigenvalue weighted by atomic mass is 10.1. The van der Waals surface area contributed by atoms with E-state index in [1.165, 1.54) is 0 Å². The molecule has 0 unspecified atom stereocenters. The van der Waals surface area contributed by atoms with Crippen molar-refractivity contribution in [1.82, 2.24) is 10.3 Å². The van der Waals surface area contributed by atoms with Crippen molar-refractivity contribution in [3.63, 3.8) is 0 Å². The number of methoxy groups -OCH3 is 1. The Morgan fingerprint density at radius 3 is 2.75 bits per heavy atom. The van der Waals surface area contributed by atoms with E-state index in [1.807, 2.05) is 47.8 Å². The average molecular weight is 338 g/mol. The Balaban J connectivity index is 1.62. The van der Waals surface area contributed by atoms with Gasteiger partial charge in [0.05, 0.1) is 19.2 Å². The van der Waals surface area contributed by atoms with E-state index in [9.17, 15) is 4.79 Å². The quantitative estimate of drug-likeness (QED) is 0.746. The van der Waals surface area contributed by atoms with Crippen LogP contribution < -0.4 is 10.1 Å². The van der Waals surface area contributed by atoms with Gasteiger partial charge in [0.1, 0.15) is 5.75 Å². The number of amides is 1. The molecule has 0 saturated carbocycles. The Morgan fingerprint density at radius 2 is 2.04 bits per heavy atom. The van der Waals surface area contributed by atoms with Crippen molar-refractivity contribution >= 4 is 17.2 Å². The van der Waals surface area contributed by atoms with Gasteiger partial charge in [0.2, 0.25) is 5.91 Å². The van der Waals surface area contributed by atoms with Crippen LogP contribution in [0, 0.1) is 0 Å². The molecular formula is C19H18N2O2S. The SMILES string of the molecule is COc1ccc(CC(=O)NCc2cccnc2-c2ccsc2)cc1.